The molecule has 67 heavy (non-hydrogen) atoms. The van der Waals surface area contributed by atoms with Crippen molar-refractivity contribution in [1.29, 1.82) is 0 Å². The number of alkyl carbamates (subject to hydrolysis) is 1. The number of rotatable bonds is 29. The number of anilines is 1. The number of amides is 6. The number of nitrogens with zero attached hydrogens (tertiary/aromatic N) is 1. The summed E-state index contributed by atoms with van der Waals surface area (Å²) in [6.07, 6.45) is 10.5. The van der Waals surface area contributed by atoms with Crippen molar-refractivity contribution in [2.45, 2.75) is 182 Å². The molecule has 0 spiro atoms. The van der Waals surface area contributed by atoms with E-state index in [0.717, 1.165) is 78.3 Å². The van der Waals surface area contributed by atoms with Crippen molar-refractivity contribution >= 4 is 85.5 Å². The number of thiophene rings is 1. The molecule has 5 atom stereocenters. The summed E-state index contributed by atoms with van der Waals surface area (Å²) in [4.78, 5) is 96.1. The summed E-state index contributed by atoms with van der Waals surface area (Å²) in [5.74, 6) is -2.23. The third-order valence-electron chi connectivity index (χ3n) is 11.7. The number of ether oxygens (including phenoxy) is 1. The van der Waals surface area contributed by atoms with Gasteiger partial charge in [-0.1, -0.05) is 112 Å². The molecular formula is C49H77N7O9S2. The molecule has 1 aromatic heterocycles. The van der Waals surface area contributed by atoms with Crippen LogP contribution in [0, 0.1) is 11.8 Å². The fourth-order valence-electron chi connectivity index (χ4n) is 7.89. The van der Waals surface area contributed by atoms with Crippen LogP contribution in [0.4, 0.5) is 10.5 Å². The van der Waals surface area contributed by atoms with Gasteiger partial charge in [0.25, 0.3) is 0 Å². The Morgan fingerprint density at radius 1 is 0.761 bits per heavy atom. The Morgan fingerprint density at radius 3 is 2.01 bits per heavy atom. The number of benzene rings is 1. The van der Waals surface area contributed by atoms with E-state index in [-0.39, 0.29) is 6.42 Å². The summed E-state index contributed by atoms with van der Waals surface area (Å²) in [5.41, 5.74) is 0.849. The minimum absolute atomic E-state index is 0.212. The number of aliphatic carboxylic acids is 1. The molecule has 2 heterocycles. The number of aliphatic imine (C=N–C) groups is 1. The molecule has 0 aliphatic carbocycles. The van der Waals surface area contributed by atoms with Gasteiger partial charge in [0.1, 0.15) is 28.8 Å². The number of hydrogen-bond donors (Lipinski definition) is 7. The lowest BCUT2D eigenvalue weighted by atomic mass is 9.88. The summed E-state index contributed by atoms with van der Waals surface area (Å²) in [6.45, 7) is 16.7. The van der Waals surface area contributed by atoms with Crippen molar-refractivity contribution in [3.05, 3.63) is 28.6 Å². The van der Waals surface area contributed by atoms with Gasteiger partial charge >= 0.3 is 12.1 Å². The molecule has 1 aliphatic heterocycles. The number of thioether (sulfide) groups is 1. The first-order chi connectivity index (χ1) is 31.8. The Hall–Kier alpha value is -4.71. The molecule has 2 aromatic rings. The van der Waals surface area contributed by atoms with Crippen LogP contribution >= 0.6 is 23.1 Å². The smallest absolute Gasteiger partial charge is 0.408 e. The minimum atomic E-state index is -0.998. The third-order valence-corrected chi connectivity index (χ3v) is 14.1. The van der Waals surface area contributed by atoms with Gasteiger partial charge in [-0.15, -0.1) is 23.1 Å². The average molecular weight is 972 g/mol. The van der Waals surface area contributed by atoms with Gasteiger partial charge in [0.2, 0.25) is 29.5 Å². The largest absolute Gasteiger partial charge is 0.480 e. The number of nitrogens with one attached hydrogen (secondary N) is 6. The van der Waals surface area contributed by atoms with Gasteiger partial charge in [-0.05, 0) is 81.4 Å². The molecule has 0 bridgehead atoms. The predicted octanol–water partition coefficient (Wildman–Crippen LogP) is 7.85. The zero-order chi connectivity index (χ0) is 49.7. The first-order valence-electron chi connectivity index (χ1n) is 24.2. The van der Waals surface area contributed by atoms with E-state index in [1.165, 1.54) is 23.1 Å². The van der Waals surface area contributed by atoms with Crippen molar-refractivity contribution in [2.75, 3.05) is 24.2 Å². The van der Waals surface area contributed by atoms with Crippen LogP contribution in [0.25, 0.3) is 10.1 Å². The van der Waals surface area contributed by atoms with Crippen LogP contribution in [0.2, 0.25) is 0 Å². The van der Waals surface area contributed by atoms with Crippen LogP contribution in [0.1, 0.15) is 156 Å². The van der Waals surface area contributed by atoms with Gasteiger partial charge in [-0.25, -0.2) is 9.59 Å². The first-order valence-corrected chi connectivity index (χ1v) is 26.0. The number of carbonyl (C=O) groups is 7. The van der Waals surface area contributed by atoms with Crippen molar-refractivity contribution in [2.24, 2.45) is 16.8 Å². The van der Waals surface area contributed by atoms with Crippen LogP contribution < -0.4 is 31.9 Å². The highest BCUT2D eigenvalue weighted by Crippen LogP contribution is 2.38. The lowest BCUT2D eigenvalue weighted by molar-refractivity contribution is -0.137. The monoisotopic (exact) mass is 972 g/mol. The van der Waals surface area contributed by atoms with E-state index in [1.54, 1.807) is 27.7 Å². The number of carbonyl (C=O) groups excluding carboxylic acids is 6. The zero-order valence-corrected chi connectivity index (χ0v) is 42.8. The Kier molecular flexibility index (Phi) is 24.1. The second-order valence-electron chi connectivity index (χ2n) is 18.6. The highest BCUT2D eigenvalue weighted by molar-refractivity contribution is 8.15. The maximum atomic E-state index is 13.9. The van der Waals surface area contributed by atoms with Gasteiger partial charge in [0.15, 0.2) is 6.04 Å². The molecule has 18 heteroatoms. The van der Waals surface area contributed by atoms with Gasteiger partial charge in [-0.2, -0.15) is 0 Å². The van der Waals surface area contributed by atoms with Gasteiger partial charge < -0.3 is 41.7 Å². The molecule has 0 saturated carbocycles. The number of carboxylic acids is 1. The van der Waals surface area contributed by atoms with Crippen molar-refractivity contribution in [3.63, 3.8) is 0 Å². The molecular weight excluding hydrogens is 895 g/mol. The zero-order valence-electron chi connectivity index (χ0n) is 41.2. The van der Waals surface area contributed by atoms with E-state index < -0.39 is 84.5 Å². The normalized spacial score (nSPS) is 15.5. The van der Waals surface area contributed by atoms with Gasteiger partial charge in [0, 0.05) is 16.1 Å². The van der Waals surface area contributed by atoms with Crippen molar-refractivity contribution < 1.29 is 43.4 Å². The quantitative estimate of drug-likeness (QED) is 0.0390. The lowest BCUT2D eigenvalue weighted by Crippen LogP contribution is -2.54. The van der Waals surface area contributed by atoms with Crippen molar-refractivity contribution in [1.82, 2.24) is 26.6 Å². The molecule has 1 aliphatic rings. The number of aryl methyl sites for hydroxylation is 1. The van der Waals surface area contributed by atoms with Gasteiger partial charge in [-0.3, -0.25) is 29.0 Å². The van der Waals surface area contributed by atoms with Crippen LogP contribution in [0.15, 0.2) is 23.2 Å². The molecule has 6 amide bonds. The standard InChI is InChI=1S/C49H77N7O9S2/c1-10-14-15-16-17-18-22-37(45(61)52-32-24-25-34-33(12-3)42(67-39(34)26-32)46-55-38(29-66-46)47(62)63)54-44(60)35(13-4)53-41(58)28-50-40(57)27-51-43(59)36(56-48(64)65-49(7,8)9)23-20-19-21-31(11-2)30(5)6/h24-26,30-31,35-38H,10-23,27-29H2,1-9H3,(H,50,57)(H,51,59)(H,52,61)(H,53,58)(H,54,60)(H,56,64)(H,62,63). The van der Waals surface area contributed by atoms with Crippen LogP contribution in [0.3, 0.4) is 0 Å². The molecule has 0 fully saturated rings. The minimum Gasteiger partial charge on any atom is -0.480 e. The molecule has 7 N–H and O–H groups in total. The molecule has 374 valence electrons. The molecule has 0 saturated heterocycles. The highest BCUT2D eigenvalue weighted by Gasteiger charge is 2.30. The molecule has 5 unspecified atom stereocenters. The Bertz CT molecular complexity index is 2010. The Balaban J connectivity index is 1.61. The van der Waals surface area contributed by atoms with E-state index in [1.807, 2.05) is 25.1 Å². The van der Waals surface area contributed by atoms with Crippen molar-refractivity contribution in [3.8, 4) is 0 Å². The summed E-state index contributed by atoms with van der Waals surface area (Å²) in [6, 6.07) is 2.03. The number of hydrogen-bond acceptors (Lipinski definition) is 11. The second kappa shape index (κ2) is 28.6. The van der Waals surface area contributed by atoms with E-state index in [2.05, 4.69) is 64.6 Å². The third kappa shape index (κ3) is 19.4. The van der Waals surface area contributed by atoms with E-state index >= 15 is 0 Å². The molecule has 1 aromatic carbocycles. The summed E-state index contributed by atoms with van der Waals surface area (Å²) in [7, 11) is 0. The second-order valence-corrected chi connectivity index (χ2v) is 20.7. The average Bonchev–Trinajstić information content (AvgIpc) is 3.91. The number of fused-ring (bicyclic) bond motifs is 1. The topological polar surface area (TPSA) is 233 Å². The van der Waals surface area contributed by atoms with E-state index in [9.17, 15) is 38.7 Å². The fraction of sp³-hybridized carbons (Fsp3) is 0.673. The lowest BCUT2D eigenvalue weighted by Gasteiger charge is -2.24. The Morgan fingerprint density at radius 2 is 1.40 bits per heavy atom. The summed E-state index contributed by atoms with van der Waals surface area (Å²) < 4.78 is 6.29. The predicted molar refractivity (Wildman–Crippen MR) is 269 cm³/mol. The maximum absolute atomic E-state index is 13.9. The highest BCUT2D eigenvalue weighted by atomic mass is 32.2. The molecule has 0 radical (unpaired) electrons. The summed E-state index contributed by atoms with van der Waals surface area (Å²) in [5, 5.41) is 27.4. The maximum Gasteiger partial charge on any atom is 0.408 e. The number of carboxylic acid groups (broad SMARTS) is 1. The van der Waals surface area contributed by atoms with Gasteiger partial charge in [0.05, 0.1) is 18.0 Å². The molecule has 3 rings (SSSR count). The van der Waals surface area contributed by atoms with Crippen LogP contribution in [-0.2, 0) is 39.9 Å². The SMILES string of the molecule is CCCCCCCCC(NC(=O)C(CC)NC(=O)CNC(=O)CNC(=O)C(CCCCC(CC)C(C)C)NC(=O)OC(C)(C)C)C(=O)Nc1ccc2c(CC)c(C3=NC(C(=O)O)CS3)sc2c1. The van der Waals surface area contributed by atoms with E-state index in [4.69, 9.17) is 4.74 Å². The first kappa shape index (κ1) is 56.6. The van der Waals surface area contributed by atoms with E-state index in [0.29, 0.717) is 54.0 Å². The van der Waals surface area contributed by atoms with Crippen LogP contribution in [0.5, 0.6) is 0 Å². The summed E-state index contributed by atoms with van der Waals surface area (Å²) >= 11 is 2.94. The molecule has 16 nitrogen and oxygen atoms in total. The number of unbranched alkanes of at least 4 members (excludes halogenated alkanes) is 6. The van der Waals surface area contributed by atoms with Crippen LogP contribution in [-0.4, -0.2) is 100 Å². The Labute approximate surface area is 405 Å². The fourth-order valence-corrected chi connectivity index (χ4v) is 10.4.